The fraction of sp³-hybridized carbons (Fsp3) is 0. The van der Waals surface area contributed by atoms with Gasteiger partial charge in [0.1, 0.15) is 11.2 Å². The first kappa shape index (κ1) is 30.6. The lowest BCUT2D eigenvalue weighted by molar-refractivity contribution is 0.670. The SMILES string of the molecule is c1ccc(-c2nc(-c3ccc(-c4ccc(-c5cccc6c5oc5ccccc56)c5ccccc45)cc3)nc(-c3ccccc3-c3ccccc3)n2)cc1. The molecule has 0 aliphatic carbocycles. The molecule has 53 heavy (non-hydrogen) atoms. The molecule has 0 aliphatic heterocycles. The third kappa shape index (κ3) is 5.45. The Morgan fingerprint density at radius 3 is 1.47 bits per heavy atom. The van der Waals surface area contributed by atoms with Crippen molar-refractivity contribution in [1.82, 2.24) is 15.0 Å². The van der Waals surface area contributed by atoms with Crippen molar-refractivity contribution >= 4 is 32.7 Å². The number of fused-ring (bicyclic) bond motifs is 4. The topological polar surface area (TPSA) is 51.8 Å². The van der Waals surface area contributed by atoms with Crippen LogP contribution in [0, 0.1) is 0 Å². The molecule has 248 valence electrons. The normalized spacial score (nSPS) is 11.4. The van der Waals surface area contributed by atoms with Crippen molar-refractivity contribution in [1.29, 1.82) is 0 Å². The lowest BCUT2D eigenvalue weighted by Gasteiger charge is -2.14. The van der Waals surface area contributed by atoms with Crippen molar-refractivity contribution < 1.29 is 4.42 Å². The Kier molecular flexibility index (Phi) is 7.43. The van der Waals surface area contributed by atoms with Gasteiger partial charge >= 0.3 is 0 Å². The zero-order valence-electron chi connectivity index (χ0n) is 28.6. The van der Waals surface area contributed by atoms with Crippen LogP contribution in [0.5, 0.6) is 0 Å². The maximum Gasteiger partial charge on any atom is 0.164 e. The average Bonchev–Trinajstić information content (AvgIpc) is 3.63. The van der Waals surface area contributed by atoms with Crippen LogP contribution in [0.25, 0.3) is 100 Å². The van der Waals surface area contributed by atoms with Crippen LogP contribution in [-0.4, -0.2) is 15.0 Å². The largest absolute Gasteiger partial charge is 0.455 e. The maximum absolute atomic E-state index is 6.44. The molecule has 4 heteroatoms. The van der Waals surface area contributed by atoms with Crippen molar-refractivity contribution in [2.75, 3.05) is 0 Å². The summed E-state index contributed by atoms with van der Waals surface area (Å²) in [6, 6.07) is 65.1. The molecule has 0 unspecified atom stereocenters. The summed E-state index contributed by atoms with van der Waals surface area (Å²) in [5, 5.41) is 4.61. The third-order valence-corrected chi connectivity index (χ3v) is 9.99. The van der Waals surface area contributed by atoms with Crippen molar-refractivity contribution in [3.05, 3.63) is 188 Å². The minimum absolute atomic E-state index is 0.627. The highest BCUT2D eigenvalue weighted by atomic mass is 16.3. The predicted molar refractivity (Wildman–Crippen MR) is 217 cm³/mol. The van der Waals surface area contributed by atoms with Crippen LogP contribution in [0.1, 0.15) is 0 Å². The molecule has 2 heterocycles. The molecule has 0 bridgehead atoms. The van der Waals surface area contributed by atoms with Crippen molar-refractivity contribution in [3.8, 4) is 67.5 Å². The summed E-state index contributed by atoms with van der Waals surface area (Å²) in [5.41, 5.74) is 11.3. The Bertz CT molecular complexity index is 2930. The molecule has 0 atom stereocenters. The molecular formula is C49H31N3O. The number of benzene rings is 8. The summed E-state index contributed by atoms with van der Waals surface area (Å²) in [4.78, 5) is 15.1. The predicted octanol–water partition coefficient (Wildman–Crippen LogP) is 12.9. The summed E-state index contributed by atoms with van der Waals surface area (Å²) >= 11 is 0. The molecule has 0 saturated heterocycles. The van der Waals surface area contributed by atoms with Gasteiger partial charge in [-0.25, -0.2) is 15.0 Å². The van der Waals surface area contributed by atoms with Gasteiger partial charge in [0.05, 0.1) is 0 Å². The number of nitrogens with zero attached hydrogens (tertiary/aromatic N) is 3. The maximum atomic E-state index is 6.44. The van der Waals surface area contributed by atoms with E-state index in [1.165, 1.54) is 10.8 Å². The van der Waals surface area contributed by atoms with Crippen LogP contribution < -0.4 is 0 Å². The molecule has 0 radical (unpaired) electrons. The summed E-state index contributed by atoms with van der Waals surface area (Å²) in [6.07, 6.45) is 0. The van der Waals surface area contributed by atoms with Gasteiger partial charge < -0.3 is 4.42 Å². The van der Waals surface area contributed by atoms with Crippen LogP contribution in [-0.2, 0) is 0 Å². The lowest BCUT2D eigenvalue weighted by atomic mass is 9.91. The first-order chi connectivity index (χ1) is 26.3. The van der Waals surface area contributed by atoms with Crippen LogP contribution in [0.3, 0.4) is 0 Å². The second-order valence-corrected chi connectivity index (χ2v) is 13.1. The standard InChI is InChI=1S/C49H31N3O/c1-3-14-32(15-4-1)36-18-7-10-22-44(36)49-51-47(34-16-5-2-6-17-34)50-48(52-49)35-28-26-33(27-29-35)37-30-31-40(39-20-9-8-19-38(37)39)42-23-13-24-43-41-21-11-12-25-45(41)53-46(42)43/h1-31H. The van der Waals surface area contributed by atoms with E-state index in [2.05, 4.69) is 133 Å². The molecule has 0 fully saturated rings. The van der Waals surface area contributed by atoms with Crippen LogP contribution in [0.2, 0.25) is 0 Å². The van der Waals surface area contributed by atoms with E-state index in [1.807, 2.05) is 54.6 Å². The molecule has 2 aromatic heterocycles. The molecule has 0 amide bonds. The Morgan fingerprint density at radius 2 is 0.736 bits per heavy atom. The molecule has 0 N–H and O–H groups in total. The summed E-state index contributed by atoms with van der Waals surface area (Å²) < 4.78 is 6.44. The van der Waals surface area contributed by atoms with E-state index in [-0.39, 0.29) is 0 Å². The van der Waals surface area contributed by atoms with Crippen LogP contribution >= 0.6 is 0 Å². The van der Waals surface area contributed by atoms with Gasteiger partial charge in [0.2, 0.25) is 0 Å². The number of hydrogen-bond donors (Lipinski definition) is 0. The highest BCUT2D eigenvalue weighted by Gasteiger charge is 2.18. The fourth-order valence-corrected chi connectivity index (χ4v) is 7.43. The summed E-state index contributed by atoms with van der Waals surface area (Å²) in [5.74, 6) is 1.90. The Labute approximate surface area is 306 Å². The van der Waals surface area contributed by atoms with Gasteiger partial charge in [0.15, 0.2) is 17.5 Å². The molecular weight excluding hydrogens is 647 g/mol. The highest BCUT2D eigenvalue weighted by molar-refractivity contribution is 6.13. The first-order valence-corrected chi connectivity index (χ1v) is 17.8. The van der Waals surface area contributed by atoms with E-state index >= 15 is 0 Å². The smallest absolute Gasteiger partial charge is 0.164 e. The van der Waals surface area contributed by atoms with Crippen LogP contribution in [0.15, 0.2) is 192 Å². The minimum Gasteiger partial charge on any atom is -0.455 e. The second kappa shape index (κ2) is 12.9. The van der Waals surface area contributed by atoms with Crippen molar-refractivity contribution in [2.45, 2.75) is 0 Å². The van der Waals surface area contributed by atoms with Gasteiger partial charge in [-0.1, -0.05) is 182 Å². The average molecular weight is 678 g/mol. The number of furan rings is 1. The van der Waals surface area contributed by atoms with Gasteiger partial charge in [-0.3, -0.25) is 0 Å². The molecule has 0 saturated carbocycles. The van der Waals surface area contributed by atoms with Gasteiger partial charge in [-0.15, -0.1) is 0 Å². The quantitative estimate of drug-likeness (QED) is 0.176. The van der Waals surface area contributed by atoms with Gasteiger partial charge in [-0.05, 0) is 44.7 Å². The summed E-state index contributed by atoms with van der Waals surface area (Å²) in [6.45, 7) is 0. The summed E-state index contributed by atoms with van der Waals surface area (Å²) in [7, 11) is 0. The molecule has 10 rings (SSSR count). The zero-order chi connectivity index (χ0) is 35.1. The molecule has 0 spiro atoms. The highest BCUT2D eigenvalue weighted by Crippen LogP contribution is 2.41. The Balaban J connectivity index is 1.07. The molecule has 8 aromatic carbocycles. The second-order valence-electron chi connectivity index (χ2n) is 13.1. The fourth-order valence-electron chi connectivity index (χ4n) is 7.43. The number of hydrogen-bond acceptors (Lipinski definition) is 4. The van der Waals surface area contributed by atoms with Crippen molar-refractivity contribution in [3.63, 3.8) is 0 Å². The van der Waals surface area contributed by atoms with E-state index in [0.29, 0.717) is 17.5 Å². The van der Waals surface area contributed by atoms with E-state index in [0.717, 1.165) is 72.0 Å². The Hall–Kier alpha value is -7.17. The zero-order valence-corrected chi connectivity index (χ0v) is 28.6. The van der Waals surface area contributed by atoms with Gasteiger partial charge in [0, 0.05) is 33.0 Å². The number of aromatic nitrogens is 3. The molecule has 4 nitrogen and oxygen atoms in total. The monoisotopic (exact) mass is 677 g/mol. The molecule has 10 aromatic rings. The van der Waals surface area contributed by atoms with E-state index < -0.39 is 0 Å². The Morgan fingerprint density at radius 1 is 0.264 bits per heavy atom. The molecule has 0 aliphatic rings. The number of rotatable bonds is 6. The van der Waals surface area contributed by atoms with Crippen molar-refractivity contribution in [2.24, 2.45) is 0 Å². The lowest BCUT2D eigenvalue weighted by Crippen LogP contribution is -2.01. The third-order valence-electron chi connectivity index (χ3n) is 9.99. The first-order valence-electron chi connectivity index (χ1n) is 17.8. The van der Waals surface area contributed by atoms with Gasteiger partial charge in [0.25, 0.3) is 0 Å². The van der Waals surface area contributed by atoms with Crippen LogP contribution in [0.4, 0.5) is 0 Å². The minimum atomic E-state index is 0.627. The number of para-hydroxylation sites is 2. The van der Waals surface area contributed by atoms with E-state index in [9.17, 15) is 0 Å². The van der Waals surface area contributed by atoms with E-state index in [4.69, 9.17) is 19.4 Å². The van der Waals surface area contributed by atoms with Gasteiger partial charge in [-0.2, -0.15) is 0 Å². The van der Waals surface area contributed by atoms with E-state index in [1.54, 1.807) is 0 Å².